The number of hydrogen-bond donors (Lipinski definition) is 1. The summed E-state index contributed by atoms with van der Waals surface area (Å²) in [6.45, 7) is 3.74. The number of nitrogens with two attached hydrogens (primary N) is 1. The molecule has 4 nitrogen and oxygen atoms in total. The number of carbonyl (C=O) groups is 2. The third-order valence-corrected chi connectivity index (χ3v) is 3.49. The summed E-state index contributed by atoms with van der Waals surface area (Å²) < 4.78 is 0. The molecule has 0 aromatic heterocycles. The van der Waals surface area contributed by atoms with Gasteiger partial charge in [0.15, 0.2) is 5.12 Å². The molecule has 1 aliphatic rings. The van der Waals surface area contributed by atoms with Crippen molar-refractivity contribution in [1.29, 1.82) is 0 Å². The van der Waals surface area contributed by atoms with Gasteiger partial charge in [-0.15, -0.1) is 0 Å². The number of rotatable bonds is 5. The Morgan fingerprint density at radius 2 is 2.40 bits per heavy atom. The van der Waals surface area contributed by atoms with Crippen molar-refractivity contribution in [3.05, 3.63) is 0 Å². The molecule has 15 heavy (non-hydrogen) atoms. The SMILES string of the molecule is CC(=O)SCC1CC(=O)N(CCCN)C1. The summed E-state index contributed by atoms with van der Waals surface area (Å²) in [5, 5.41) is 0.128. The highest BCUT2D eigenvalue weighted by molar-refractivity contribution is 8.13. The molecule has 5 heteroatoms. The predicted octanol–water partition coefficient (Wildman–Crippen LogP) is 0.463. The van der Waals surface area contributed by atoms with Crippen LogP contribution in [0.25, 0.3) is 0 Å². The molecule has 1 amide bonds. The normalized spacial score (nSPS) is 21.1. The Balaban J connectivity index is 2.28. The van der Waals surface area contributed by atoms with E-state index in [1.165, 1.54) is 11.8 Å². The molecular weight excluding hydrogens is 212 g/mol. The molecule has 1 rings (SSSR count). The Bertz CT molecular complexity index is 246. The number of thioether (sulfide) groups is 1. The highest BCUT2D eigenvalue weighted by Gasteiger charge is 2.28. The molecule has 86 valence electrons. The standard InChI is InChI=1S/C10H18N2O2S/c1-8(13)15-7-9-5-10(14)12(6-9)4-2-3-11/h9H,2-7,11H2,1H3. The van der Waals surface area contributed by atoms with E-state index in [0.29, 0.717) is 18.9 Å². The Morgan fingerprint density at radius 1 is 1.67 bits per heavy atom. The van der Waals surface area contributed by atoms with Crippen LogP contribution in [0.2, 0.25) is 0 Å². The molecule has 2 N–H and O–H groups in total. The van der Waals surface area contributed by atoms with Crippen molar-refractivity contribution in [2.24, 2.45) is 11.7 Å². The van der Waals surface area contributed by atoms with Gasteiger partial charge in [0.2, 0.25) is 5.91 Å². The number of nitrogens with zero attached hydrogens (tertiary/aromatic N) is 1. The van der Waals surface area contributed by atoms with Crippen LogP contribution in [0, 0.1) is 5.92 Å². The van der Waals surface area contributed by atoms with E-state index in [1.54, 1.807) is 6.92 Å². The van der Waals surface area contributed by atoms with Gasteiger partial charge in [-0.2, -0.15) is 0 Å². The summed E-state index contributed by atoms with van der Waals surface area (Å²) in [4.78, 5) is 24.2. The second-order valence-corrected chi connectivity index (χ2v) is 5.05. The van der Waals surface area contributed by atoms with Gasteiger partial charge in [0.25, 0.3) is 0 Å². The Morgan fingerprint density at radius 3 is 3.00 bits per heavy atom. The molecule has 0 saturated carbocycles. The van der Waals surface area contributed by atoms with Gasteiger partial charge in [-0.3, -0.25) is 9.59 Å². The van der Waals surface area contributed by atoms with Crippen molar-refractivity contribution >= 4 is 22.8 Å². The van der Waals surface area contributed by atoms with Crippen LogP contribution in [0.4, 0.5) is 0 Å². The first-order chi connectivity index (χ1) is 7.13. The van der Waals surface area contributed by atoms with Crippen LogP contribution < -0.4 is 5.73 Å². The fraction of sp³-hybridized carbons (Fsp3) is 0.800. The highest BCUT2D eigenvalue weighted by Crippen LogP contribution is 2.22. The summed E-state index contributed by atoms with van der Waals surface area (Å²) >= 11 is 1.31. The van der Waals surface area contributed by atoms with Crippen LogP contribution in [0.5, 0.6) is 0 Å². The van der Waals surface area contributed by atoms with Crippen molar-refractivity contribution in [3.63, 3.8) is 0 Å². The van der Waals surface area contributed by atoms with E-state index >= 15 is 0 Å². The molecular formula is C10H18N2O2S. The largest absolute Gasteiger partial charge is 0.342 e. The molecule has 0 bridgehead atoms. The molecule has 1 aliphatic heterocycles. The van der Waals surface area contributed by atoms with E-state index in [2.05, 4.69) is 0 Å². The monoisotopic (exact) mass is 230 g/mol. The molecule has 0 aromatic carbocycles. The van der Waals surface area contributed by atoms with Crippen LogP contribution in [0.15, 0.2) is 0 Å². The van der Waals surface area contributed by atoms with E-state index in [4.69, 9.17) is 5.73 Å². The quantitative estimate of drug-likeness (QED) is 0.745. The van der Waals surface area contributed by atoms with Crippen LogP contribution >= 0.6 is 11.8 Å². The van der Waals surface area contributed by atoms with E-state index in [0.717, 1.165) is 25.3 Å². The average Bonchev–Trinajstić information content (AvgIpc) is 2.53. The van der Waals surface area contributed by atoms with Crippen molar-refractivity contribution in [2.45, 2.75) is 19.8 Å². The number of amides is 1. The lowest BCUT2D eigenvalue weighted by Crippen LogP contribution is -2.27. The van der Waals surface area contributed by atoms with Crippen LogP contribution in [-0.4, -0.2) is 41.3 Å². The first-order valence-electron chi connectivity index (χ1n) is 5.24. The summed E-state index contributed by atoms with van der Waals surface area (Å²) in [5.41, 5.74) is 5.40. The van der Waals surface area contributed by atoms with E-state index < -0.39 is 0 Å². The number of hydrogen-bond acceptors (Lipinski definition) is 4. The van der Waals surface area contributed by atoms with Crippen molar-refractivity contribution in [1.82, 2.24) is 4.90 Å². The lowest BCUT2D eigenvalue weighted by atomic mass is 10.1. The van der Waals surface area contributed by atoms with Crippen molar-refractivity contribution in [3.8, 4) is 0 Å². The van der Waals surface area contributed by atoms with Gasteiger partial charge in [-0.05, 0) is 18.9 Å². The topological polar surface area (TPSA) is 63.4 Å². The van der Waals surface area contributed by atoms with Gasteiger partial charge < -0.3 is 10.6 Å². The minimum absolute atomic E-state index is 0.128. The third kappa shape index (κ3) is 4.22. The maximum atomic E-state index is 11.5. The second kappa shape index (κ2) is 6.12. The van der Waals surface area contributed by atoms with Gasteiger partial charge in [0.1, 0.15) is 0 Å². The first-order valence-corrected chi connectivity index (χ1v) is 6.23. The minimum atomic E-state index is 0.128. The predicted molar refractivity (Wildman–Crippen MR) is 61.5 cm³/mol. The zero-order valence-electron chi connectivity index (χ0n) is 9.07. The van der Waals surface area contributed by atoms with Crippen molar-refractivity contribution in [2.75, 3.05) is 25.4 Å². The number of likely N-dealkylation sites (tertiary alicyclic amines) is 1. The fourth-order valence-electron chi connectivity index (χ4n) is 1.70. The first kappa shape index (κ1) is 12.5. The molecule has 1 heterocycles. The molecule has 0 aromatic rings. The van der Waals surface area contributed by atoms with E-state index in [1.807, 2.05) is 4.90 Å². The fourth-order valence-corrected chi connectivity index (χ4v) is 2.39. The maximum absolute atomic E-state index is 11.5. The zero-order chi connectivity index (χ0) is 11.3. The molecule has 0 aliphatic carbocycles. The number of carbonyl (C=O) groups excluding carboxylic acids is 2. The second-order valence-electron chi connectivity index (χ2n) is 3.85. The summed E-state index contributed by atoms with van der Waals surface area (Å²) in [6.07, 6.45) is 1.45. The molecule has 1 unspecified atom stereocenters. The van der Waals surface area contributed by atoms with Gasteiger partial charge in [0.05, 0.1) is 0 Å². The lowest BCUT2D eigenvalue weighted by molar-refractivity contribution is -0.127. The Hall–Kier alpha value is -0.550. The smallest absolute Gasteiger partial charge is 0.222 e. The molecule has 0 spiro atoms. The summed E-state index contributed by atoms with van der Waals surface area (Å²) in [5.74, 6) is 1.31. The molecule has 0 radical (unpaired) electrons. The maximum Gasteiger partial charge on any atom is 0.222 e. The van der Waals surface area contributed by atoms with Crippen molar-refractivity contribution < 1.29 is 9.59 Å². The van der Waals surface area contributed by atoms with Crippen LogP contribution in [0.1, 0.15) is 19.8 Å². The molecule has 1 saturated heterocycles. The minimum Gasteiger partial charge on any atom is -0.342 e. The molecule has 1 fully saturated rings. The van der Waals surface area contributed by atoms with E-state index in [-0.39, 0.29) is 11.0 Å². The zero-order valence-corrected chi connectivity index (χ0v) is 9.89. The third-order valence-electron chi connectivity index (χ3n) is 2.45. The Kier molecular flexibility index (Phi) is 5.11. The summed E-state index contributed by atoms with van der Waals surface area (Å²) in [6, 6.07) is 0. The van der Waals surface area contributed by atoms with Crippen LogP contribution in [0.3, 0.4) is 0 Å². The van der Waals surface area contributed by atoms with Crippen LogP contribution in [-0.2, 0) is 9.59 Å². The Labute approximate surface area is 94.6 Å². The van der Waals surface area contributed by atoms with E-state index in [9.17, 15) is 9.59 Å². The lowest BCUT2D eigenvalue weighted by Gasteiger charge is -2.15. The summed E-state index contributed by atoms with van der Waals surface area (Å²) in [7, 11) is 0. The van der Waals surface area contributed by atoms with Gasteiger partial charge in [-0.25, -0.2) is 0 Å². The van der Waals surface area contributed by atoms with Gasteiger partial charge in [-0.1, -0.05) is 11.8 Å². The highest BCUT2D eigenvalue weighted by atomic mass is 32.2. The van der Waals surface area contributed by atoms with Gasteiger partial charge >= 0.3 is 0 Å². The van der Waals surface area contributed by atoms with Gasteiger partial charge in [0, 0.05) is 32.2 Å². The average molecular weight is 230 g/mol. The molecule has 1 atom stereocenters.